The van der Waals surface area contributed by atoms with Gasteiger partial charge in [0.2, 0.25) is 0 Å². The van der Waals surface area contributed by atoms with E-state index in [1.54, 1.807) is 6.07 Å². The molecule has 2 saturated heterocycles. The van der Waals surface area contributed by atoms with Crippen LogP contribution < -0.4 is 10.1 Å². The first-order valence-electron chi connectivity index (χ1n) is 17.8. The van der Waals surface area contributed by atoms with Crippen molar-refractivity contribution in [3.05, 3.63) is 82.0 Å². The summed E-state index contributed by atoms with van der Waals surface area (Å²) in [7, 11) is 1.92. The molecule has 0 bridgehead atoms. The smallest absolute Gasteiger partial charge is 0.352 e. The summed E-state index contributed by atoms with van der Waals surface area (Å²) in [4.78, 5) is 18.3. The number of piperidine rings is 1. The second-order valence-electron chi connectivity index (χ2n) is 13.7. The Bertz CT molecular complexity index is 2030. The van der Waals surface area contributed by atoms with E-state index in [1.165, 1.54) is 25.0 Å². The van der Waals surface area contributed by atoms with E-state index in [1.807, 2.05) is 60.5 Å². The van der Waals surface area contributed by atoms with Crippen LogP contribution in [0.5, 0.6) is 5.75 Å². The van der Waals surface area contributed by atoms with Gasteiger partial charge < -0.3 is 19.7 Å². The number of rotatable bonds is 11. The minimum Gasteiger partial charge on any atom is -0.493 e. The third-order valence-corrected chi connectivity index (χ3v) is 11.1. The summed E-state index contributed by atoms with van der Waals surface area (Å²) >= 11 is 7.03. The zero-order valence-electron chi connectivity index (χ0n) is 29.1. The molecule has 7 rings (SSSR count). The number of aromatic carboxylic acids is 1. The van der Waals surface area contributed by atoms with E-state index in [0.29, 0.717) is 48.5 Å². The van der Waals surface area contributed by atoms with Crippen molar-refractivity contribution in [2.45, 2.75) is 52.1 Å². The first-order valence-corrected chi connectivity index (χ1v) is 18.1. The maximum atomic E-state index is 13.8. The number of carboxylic acids is 1. The van der Waals surface area contributed by atoms with Gasteiger partial charge in [-0.2, -0.15) is 5.10 Å². The van der Waals surface area contributed by atoms with E-state index in [2.05, 4.69) is 20.2 Å². The highest BCUT2D eigenvalue weighted by molar-refractivity contribution is 6.35. The number of aryl methyl sites for hydroxylation is 3. The number of nitrogens with zero attached hydrogens (tertiary/aromatic N) is 5. The van der Waals surface area contributed by atoms with Gasteiger partial charge in [0.1, 0.15) is 17.3 Å². The van der Waals surface area contributed by atoms with Gasteiger partial charge in [0.25, 0.3) is 0 Å². The Morgan fingerprint density at radius 1 is 1.02 bits per heavy atom. The summed E-state index contributed by atoms with van der Waals surface area (Å²) < 4.78 is 23.9. The first kappa shape index (κ1) is 34.5. The van der Waals surface area contributed by atoms with Crippen LogP contribution in [0.1, 0.15) is 46.7 Å². The molecule has 2 aliphatic heterocycles. The van der Waals surface area contributed by atoms with Crippen molar-refractivity contribution in [2.24, 2.45) is 7.05 Å². The van der Waals surface area contributed by atoms with E-state index >= 15 is 0 Å². The molecule has 2 fully saturated rings. The van der Waals surface area contributed by atoms with Crippen molar-refractivity contribution >= 4 is 39.2 Å². The maximum Gasteiger partial charge on any atom is 0.352 e. The van der Waals surface area contributed by atoms with Crippen LogP contribution in [-0.2, 0) is 20.0 Å². The van der Waals surface area contributed by atoms with Crippen LogP contribution in [0.3, 0.4) is 0 Å². The van der Waals surface area contributed by atoms with Gasteiger partial charge in [0.05, 0.1) is 22.8 Å². The highest BCUT2D eigenvalue weighted by atomic mass is 35.5. The largest absolute Gasteiger partial charge is 0.493 e. The van der Waals surface area contributed by atoms with Gasteiger partial charge in [-0.1, -0.05) is 29.8 Å². The molecular formula is C39H46ClFN6O3. The fourth-order valence-corrected chi connectivity index (χ4v) is 8.38. The van der Waals surface area contributed by atoms with Crippen LogP contribution in [-0.4, -0.2) is 93.7 Å². The van der Waals surface area contributed by atoms with Gasteiger partial charge in [-0.3, -0.25) is 14.5 Å². The molecule has 50 heavy (non-hydrogen) atoms. The van der Waals surface area contributed by atoms with Crippen LogP contribution in [0.15, 0.2) is 48.5 Å². The number of nitrogens with one attached hydrogen (secondary N) is 1. The predicted molar refractivity (Wildman–Crippen MR) is 197 cm³/mol. The Labute approximate surface area is 297 Å². The molecule has 0 saturated carbocycles. The van der Waals surface area contributed by atoms with E-state index < -0.39 is 5.97 Å². The fraction of sp³-hybridized carbons (Fsp3) is 0.436. The molecule has 0 unspecified atom stereocenters. The molecule has 2 aliphatic rings. The molecular weight excluding hydrogens is 655 g/mol. The van der Waals surface area contributed by atoms with Crippen molar-refractivity contribution in [3.63, 3.8) is 0 Å². The number of aromatic nitrogens is 3. The fourth-order valence-electron chi connectivity index (χ4n) is 8.13. The average molecular weight is 701 g/mol. The average Bonchev–Trinajstić information content (AvgIpc) is 3.57. The number of halogens is 2. The Kier molecular flexibility index (Phi) is 10.2. The summed E-state index contributed by atoms with van der Waals surface area (Å²) in [6.07, 6.45) is 3.50. The summed E-state index contributed by atoms with van der Waals surface area (Å²) in [5, 5.41) is 22.1. The predicted octanol–water partition coefficient (Wildman–Crippen LogP) is 6.68. The molecule has 2 aromatic heterocycles. The topological polar surface area (TPSA) is 87.8 Å². The molecule has 0 aliphatic carbocycles. The Morgan fingerprint density at radius 3 is 2.50 bits per heavy atom. The number of fused-ring (bicyclic) bond motifs is 2. The Hall–Kier alpha value is -3.96. The minimum absolute atomic E-state index is 0.289. The number of benzene rings is 3. The van der Waals surface area contributed by atoms with Crippen LogP contribution in [0.4, 0.5) is 4.39 Å². The van der Waals surface area contributed by atoms with Crippen LogP contribution in [0, 0.1) is 19.7 Å². The normalized spacial score (nSPS) is 16.5. The second kappa shape index (κ2) is 14.7. The molecule has 5 aromatic rings. The van der Waals surface area contributed by atoms with Gasteiger partial charge in [-0.05, 0) is 93.9 Å². The summed E-state index contributed by atoms with van der Waals surface area (Å²) in [6, 6.07) is 14.8. The van der Waals surface area contributed by atoms with Crippen LogP contribution in [0.2, 0.25) is 5.02 Å². The zero-order valence-corrected chi connectivity index (χ0v) is 29.9. The van der Waals surface area contributed by atoms with Gasteiger partial charge in [0, 0.05) is 80.0 Å². The van der Waals surface area contributed by atoms with Crippen molar-refractivity contribution in [2.75, 3.05) is 52.4 Å². The molecule has 2 N–H and O–H groups in total. The van der Waals surface area contributed by atoms with Gasteiger partial charge in [-0.15, -0.1) is 0 Å². The zero-order chi connectivity index (χ0) is 34.9. The third-order valence-electron chi connectivity index (χ3n) is 10.7. The molecule has 0 amide bonds. The lowest BCUT2D eigenvalue weighted by Crippen LogP contribution is -2.53. The standard InChI is InChI=1S/C39H46ClFN6O3/c1-25-35(26(2)44(3)43-25)36-33(40)12-11-32-31(7-5-23-50-34-8-4-6-27-24-28(41)9-10-30(27)34)38(39(48)49)47(37(32)36)22-19-45-17-20-46(21-18-45)29-13-15-42-16-14-29/h4,6,8-12,24,29,42H,5,7,13-23H2,1-3H3,(H,48,49). The quantitative estimate of drug-likeness (QED) is 0.149. The van der Waals surface area contributed by atoms with E-state index in [4.69, 9.17) is 16.3 Å². The molecule has 0 atom stereocenters. The summed E-state index contributed by atoms with van der Waals surface area (Å²) in [5.74, 6) is -0.561. The lowest BCUT2D eigenvalue weighted by atomic mass is 9.98. The number of carbonyl (C=O) groups is 1. The first-order chi connectivity index (χ1) is 24.2. The number of hydrogen-bond acceptors (Lipinski definition) is 6. The Balaban J connectivity index is 1.19. The highest BCUT2D eigenvalue weighted by Gasteiger charge is 2.29. The lowest BCUT2D eigenvalue weighted by Gasteiger charge is -2.41. The van der Waals surface area contributed by atoms with E-state index in [0.717, 1.165) is 95.6 Å². The van der Waals surface area contributed by atoms with Crippen LogP contribution >= 0.6 is 11.6 Å². The lowest BCUT2D eigenvalue weighted by molar-refractivity contribution is 0.0676. The van der Waals surface area contributed by atoms with Crippen molar-refractivity contribution in [3.8, 4) is 16.9 Å². The summed E-state index contributed by atoms with van der Waals surface area (Å²) in [5.41, 5.74) is 5.52. The molecule has 3 aromatic carbocycles. The monoisotopic (exact) mass is 700 g/mol. The third kappa shape index (κ3) is 6.74. The molecule has 11 heteroatoms. The second-order valence-corrected chi connectivity index (χ2v) is 14.1. The van der Waals surface area contributed by atoms with Gasteiger partial charge in [-0.25, -0.2) is 9.18 Å². The SMILES string of the molecule is Cc1nn(C)c(C)c1-c1c(Cl)ccc2c(CCCOc3cccc4cc(F)ccc34)c(C(=O)O)n(CCN3CCN(C4CCNCC4)CC3)c12. The summed E-state index contributed by atoms with van der Waals surface area (Å²) in [6.45, 7) is 11.8. The van der Waals surface area contributed by atoms with E-state index in [-0.39, 0.29) is 5.82 Å². The maximum absolute atomic E-state index is 13.8. The minimum atomic E-state index is -0.953. The number of carboxylic acid groups (broad SMARTS) is 1. The van der Waals surface area contributed by atoms with Crippen molar-refractivity contribution < 1.29 is 19.0 Å². The van der Waals surface area contributed by atoms with Gasteiger partial charge >= 0.3 is 5.97 Å². The van der Waals surface area contributed by atoms with E-state index in [9.17, 15) is 14.3 Å². The molecule has 9 nitrogen and oxygen atoms in total. The van der Waals surface area contributed by atoms with Crippen LogP contribution in [0.25, 0.3) is 32.8 Å². The van der Waals surface area contributed by atoms with Crippen molar-refractivity contribution in [1.29, 1.82) is 0 Å². The molecule has 4 heterocycles. The number of hydrogen-bond donors (Lipinski definition) is 2. The molecule has 0 radical (unpaired) electrons. The number of piperazine rings is 1. The highest BCUT2D eigenvalue weighted by Crippen LogP contribution is 2.42. The Morgan fingerprint density at radius 2 is 1.78 bits per heavy atom. The van der Waals surface area contributed by atoms with Crippen molar-refractivity contribution in [1.82, 2.24) is 29.5 Å². The van der Waals surface area contributed by atoms with Gasteiger partial charge in [0.15, 0.2) is 0 Å². The molecule has 0 spiro atoms. The number of ether oxygens (including phenoxy) is 1. The molecule has 264 valence electrons.